The monoisotopic (exact) mass is 702 g/mol. The summed E-state index contributed by atoms with van der Waals surface area (Å²) < 4.78 is 8.96. The molecule has 2 aromatic heterocycles. The van der Waals surface area contributed by atoms with Crippen molar-refractivity contribution in [3.8, 4) is 39.1 Å². The van der Waals surface area contributed by atoms with Crippen molar-refractivity contribution < 1.29 is 4.42 Å². The van der Waals surface area contributed by atoms with Crippen LogP contribution in [0.1, 0.15) is 0 Å². The van der Waals surface area contributed by atoms with Crippen LogP contribution in [0.3, 0.4) is 0 Å². The number of nitrogens with one attached hydrogen (secondary N) is 1. The molecule has 0 spiro atoms. The van der Waals surface area contributed by atoms with Gasteiger partial charge in [-0.15, -0.1) is 0 Å². The van der Waals surface area contributed by atoms with E-state index in [-0.39, 0.29) is 0 Å². The Morgan fingerprint density at radius 2 is 1.00 bits per heavy atom. The molecule has 0 saturated carbocycles. The van der Waals surface area contributed by atoms with E-state index in [4.69, 9.17) is 4.42 Å². The number of hydrogen-bond donors (Lipinski definition) is 1. The highest BCUT2D eigenvalue weighted by atomic mass is 16.3. The van der Waals surface area contributed by atoms with Crippen molar-refractivity contribution in [3.63, 3.8) is 0 Å². The van der Waals surface area contributed by atoms with Crippen molar-refractivity contribution in [2.45, 2.75) is 0 Å². The van der Waals surface area contributed by atoms with Gasteiger partial charge in [0.1, 0.15) is 11.2 Å². The van der Waals surface area contributed by atoms with Crippen LogP contribution >= 0.6 is 0 Å². The van der Waals surface area contributed by atoms with Gasteiger partial charge in [-0.2, -0.15) is 0 Å². The maximum atomic E-state index is 6.51. The highest BCUT2D eigenvalue weighted by Gasteiger charge is 2.19. The Morgan fingerprint density at radius 1 is 0.364 bits per heavy atom. The van der Waals surface area contributed by atoms with Gasteiger partial charge in [-0.25, -0.2) is 0 Å². The van der Waals surface area contributed by atoms with Gasteiger partial charge in [0.25, 0.3) is 0 Å². The molecule has 11 rings (SSSR count). The highest BCUT2D eigenvalue weighted by molar-refractivity contribution is 6.15. The number of hydrogen-bond acceptors (Lipinski definition) is 2. The fourth-order valence-electron chi connectivity index (χ4n) is 8.45. The average molecular weight is 703 g/mol. The summed E-state index contributed by atoms with van der Waals surface area (Å²) in [5, 5.41) is 10.7. The molecule has 55 heavy (non-hydrogen) atoms. The van der Waals surface area contributed by atoms with Crippen LogP contribution in [0.2, 0.25) is 0 Å². The molecule has 0 atom stereocenters. The Hall–Kier alpha value is -7.36. The molecule has 258 valence electrons. The van der Waals surface area contributed by atoms with Crippen LogP contribution in [0, 0.1) is 0 Å². The zero-order valence-corrected chi connectivity index (χ0v) is 29.9. The summed E-state index contributed by atoms with van der Waals surface area (Å²) in [5.74, 6) is 0. The quantitative estimate of drug-likeness (QED) is 0.187. The zero-order chi connectivity index (χ0) is 36.3. The Labute approximate surface area is 318 Å². The fourth-order valence-corrected chi connectivity index (χ4v) is 8.45. The third kappa shape index (κ3) is 5.13. The van der Waals surface area contributed by atoms with Crippen molar-refractivity contribution in [2.75, 3.05) is 5.32 Å². The second kappa shape index (κ2) is 12.6. The topological polar surface area (TPSA) is 30.1 Å². The minimum Gasteiger partial charge on any atom is -0.455 e. The molecule has 0 radical (unpaired) electrons. The van der Waals surface area contributed by atoms with Gasteiger partial charge in [-0.1, -0.05) is 158 Å². The summed E-state index contributed by atoms with van der Waals surface area (Å²) in [6, 6.07) is 71.5. The van der Waals surface area contributed by atoms with Gasteiger partial charge in [0.15, 0.2) is 0 Å². The lowest BCUT2D eigenvalue weighted by Gasteiger charge is -2.15. The molecule has 0 fully saturated rings. The van der Waals surface area contributed by atoms with Crippen LogP contribution in [0.4, 0.5) is 11.4 Å². The lowest BCUT2D eigenvalue weighted by molar-refractivity contribution is 0.670. The van der Waals surface area contributed by atoms with Crippen LogP contribution in [-0.2, 0) is 0 Å². The highest BCUT2D eigenvalue weighted by Crippen LogP contribution is 2.42. The lowest BCUT2D eigenvalue weighted by Crippen LogP contribution is -1.96. The zero-order valence-electron chi connectivity index (χ0n) is 29.9. The van der Waals surface area contributed by atoms with Gasteiger partial charge in [0, 0.05) is 49.4 Å². The Morgan fingerprint density at radius 3 is 1.87 bits per heavy atom. The maximum Gasteiger partial charge on any atom is 0.143 e. The molecule has 0 amide bonds. The Balaban J connectivity index is 1.04. The molecule has 0 unspecified atom stereocenters. The number of nitrogens with zero attached hydrogens (tertiary/aromatic N) is 1. The number of para-hydroxylation sites is 5. The standard InChI is InChI=1S/C52H34N2O/c1-2-13-37(14-3-1)53-47-22-9-6-15-38(47)35-27-25-34(26-28-35)36-29-30-43-42-18-7-10-23-48(42)54(50(43)33-36)49-32-31-40(39-16-4-5-17-41(39)49)45-20-12-21-46-44-19-8-11-24-51(44)55-52(45)46/h1-33,53H. The van der Waals surface area contributed by atoms with E-state index >= 15 is 0 Å². The van der Waals surface area contributed by atoms with E-state index in [0.717, 1.165) is 50.1 Å². The van der Waals surface area contributed by atoms with E-state index < -0.39 is 0 Å². The molecule has 0 aliphatic rings. The summed E-state index contributed by atoms with van der Waals surface area (Å²) in [6.45, 7) is 0. The van der Waals surface area contributed by atoms with Crippen LogP contribution in [0.5, 0.6) is 0 Å². The summed E-state index contributed by atoms with van der Waals surface area (Å²) in [4.78, 5) is 0. The number of benzene rings is 9. The first-order valence-corrected chi connectivity index (χ1v) is 18.8. The van der Waals surface area contributed by atoms with Crippen molar-refractivity contribution in [1.29, 1.82) is 0 Å². The van der Waals surface area contributed by atoms with Gasteiger partial charge < -0.3 is 14.3 Å². The van der Waals surface area contributed by atoms with Gasteiger partial charge in [-0.05, 0) is 70.1 Å². The molecule has 11 aromatic rings. The Kier molecular flexibility index (Phi) is 7.17. The van der Waals surface area contributed by atoms with Crippen LogP contribution in [0.25, 0.3) is 93.6 Å². The number of fused-ring (bicyclic) bond motifs is 7. The second-order valence-electron chi connectivity index (χ2n) is 14.2. The van der Waals surface area contributed by atoms with Crippen molar-refractivity contribution in [2.24, 2.45) is 0 Å². The Bertz CT molecular complexity index is 3220. The molecular weight excluding hydrogens is 669 g/mol. The van der Waals surface area contributed by atoms with Gasteiger partial charge in [0.2, 0.25) is 0 Å². The molecular formula is C52H34N2O. The summed E-state index contributed by atoms with van der Waals surface area (Å²) in [5.41, 5.74) is 14.4. The summed E-state index contributed by atoms with van der Waals surface area (Å²) in [7, 11) is 0. The molecule has 0 aliphatic carbocycles. The van der Waals surface area contributed by atoms with E-state index in [2.05, 4.69) is 198 Å². The lowest BCUT2D eigenvalue weighted by atomic mass is 9.95. The first-order chi connectivity index (χ1) is 27.3. The van der Waals surface area contributed by atoms with Crippen molar-refractivity contribution in [3.05, 3.63) is 200 Å². The second-order valence-corrected chi connectivity index (χ2v) is 14.2. The number of aromatic nitrogens is 1. The van der Waals surface area contributed by atoms with Crippen molar-refractivity contribution >= 4 is 65.9 Å². The van der Waals surface area contributed by atoms with E-state index in [9.17, 15) is 0 Å². The third-order valence-corrected chi connectivity index (χ3v) is 11.0. The normalized spacial score (nSPS) is 11.6. The predicted molar refractivity (Wildman–Crippen MR) is 232 cm³/mol. The van der Waals surface area contributed by atoms with Gasteiger partial charge in [0.05, 0.1) is 16.7 Å². The summed E-state index contributed by atoms with van der Waals surface area (Å²) in [6.07, 6.45) is 0. The first kappa shape index (κ1) is 31.2. The minimum absolute atomic E-state index is 0.909. The van der Waals surface area contributed by atoms with Gasteiger partial charge >= 0.3 is 0 Å². The number of furan rings is 1. The summed E-state index contributed by atoms with van der Waals surface area (Å²) >= 11 is 0. The van der Waals surface area contributed by atoms with E-state index in [1.165, 1.54) is 54.8 Å². The number of anilines is 2. The molecule has 9 aromatic carbocycles. The molecule has 0 aliphatic heterocycles. The molecule has 3 heteroatoms. The third-order valence-electron chi connectivity index (χ3n) is 11.0. The first-order valence-electron chi connectivity index (χ1n) is 18.8. The number of rotatable bonds is 6. The fraction of sp³-hybridized carbons (Fsp3) is 0. The van der Waals surface area contributed by atoms with E-state index in [0.29, 0.717) is 0 Å². The van der Waals surface area contributed by atoms with Crippen LogP contribution in [-0.4, -0.2) is 4.57 Å². The van der Waals surface area contributed by atoms with E-state index in [1.54, 1.807) is 0 Å². The van der Waals surface area contributed by atoms with E-state index in [1.807, 2.05) is 12.1 Å². The maximum absolute atomic E-state index is 6.51. The molecule has 1 N–H and O–H groups in total. The molecule has 0 bridgehead atoms. The largest absolute Gasteiger partial charge is 0.455 e. The van der Waals surface area contributed by atoms with Crippen LogP contribution < -0.4 is 5.32 Å². The minimum atomic E-state index is 0.909. The smallest absolute Gasteiger partial charge is 0.143 e. The van der Waals surface area contributed by atoms with Gasteiger partial charge in [-0.3, -0.25) is 0 Å². The average Bonchev–Trinajstić information content (AvgIpc) is 3.80. The van der Waals surface area contributed by atoms with Crippen LogP contribution in [0.15, 0.2) is 205 Å². The molecule has 2 heterocycles. The SMILES string of the molecule is c1ccc(Nc2ccccc2-c2ccc(-c3ccc4c5ccccc5n(-c5ccc(-c6cccc7c6oc6ccccc67)c6ccccc56)c4c3)cc2)cc1. The molecule has 3 nitrogen and oxygen atoms in total. The predicted octanol–water partition coefficient (Wildman–Crippen LogP) is 14.6. The van der Waals surface area contributed by atoms with Crippen molar-refractivity contribution in [1.82, 2.24) is 4.57 Å². The molecule has 0 saturated heterocycles.